The molecular formula is C11H14ClNO3S. The molecule has 1 unspecified atom stereocenters. The molecule has 2 rings (SSSR count). The van der Waals surface area contributed by atoms with Crippen molar-refractivity contribution in [1.82, 2.24) is 5.32 Å². The van der Waals surface area contributed by atoms with Crippen LogP contribution in [0.15, 0.2) is 23.1 Å². The van der Waals surface area contributed by atoms with E-state index in [-0.39, 0.29) is 11.0 Å². The standard InChI is InChI=1S/C11H14ClNO3S/c1-17(14,15)10-5-8(4-9(12)6-10)11-7-13-2-3-16-11/h4-6,11,13H,2-3,7H2,1H3. The van der Waals surface area contributed by atoms with Gasteiger partial charge in [-0.1, -0.05) is 11.6 Å². The van der Waals surface area contributed by atoms with Gasteiger partial charge in [-0.3, -0.25) is 0 Å². The SMILES string of the molecule is CS(=O)(=O)c1cc(Cl)cc(C2CNCCO2)c1. The molecule has 0 radical (unpaired) electrons. The zero-order valence-electron chi connectivity index (χ0n) is 9.44. The molecule has 1 aromatic rings. The molecule has 4 nitrogen and oxygen atoms in total. The Kier molecular flexibility index (Phi) is 3.73. The number of hydrogen-bond donors (Lipinski definition) is 1. The molecule has 0 spiro atoms. The topological polar surface area (TPSA) is 55.4 Å². The van der Waals surface area contributed by atoms with Crippen molar-refractivity contribution in [3.63, 3.8) is 0 Å². The summed E-state index contributed by atoms with van der Waals surface area (Å²) < 4.78 is 28.6. The van der Waals surface area contributed by atoms with Crippen molar-refractivity contribution in [2.75, 3.05) is 26.0 Å². The molecule has 0 bridgehead atoms. The van der Waals surface area contributed by atoms with Crippen molar-refractivity contribution in [3.8, 4) is 0 Å². The minimum Gasteiger partial charge on any atom is -0.371 e. The van der Waals surface area contributed by atoms with Gasteiger partial charge in [-0.15, -0.1) is 0 Å². The van der Waals surface area contributed by atoms with E-state index in [1.807, 2.05) is 0 Å². The number of nitrogens with one attached hydrogen (secondary N) is 1. The molecule has 1 atom stereocenters. The highest BCUT2D eigenvalue weighted by atomic mass is 35.5. The first-order valence-corrected chi connectivity index (χ1v) is 7.56. The van der Waals surface area contributed by atoms with E-state index in [1.54, 1.807) is 12.1 Å². The molecule has 0 saturated carbocycles. The number of ether oxygens (including phenoxy) is 1. The van der Waals surface area contributed by atoms with Crippen LogP contribution in [-0.2, 0) is 14.6 Å². The maximum Gasteiger partial charge on any atom is 0.175 e. The first kappa shape index (κ1) is 12.8. The predicted molar refractivity (Wildman–Crippen MR) is 66.1 cm³/mol. The summed E-state index contributed by atoms with van der Waals surface area (Å²) >= 11 is 5.93. The average Bonchev–Trinajstić information content (AvgIpc) is 2.28. The Labute approximate surface area is 106 Å². The summed E-state index contributed by atoms with van der Waals surface area (Å²) in [5.74, 6) is 0. The van der Waals surface area contributed by atoms with Gasteiger partial charge >= 0.3 is 0 Å². The van der Waals surface area contributed by atoms with Crippen molar-refractivity contribution < 1.29 is 13.2 Å². The van der Waals surface area contributed by atoms with Crippen LogP contribution in [0.5, 0.6) is 0 Å². The van der Waals surface area contributed by atoms with Crippen molar-refractivity contribution in [2.24, 2.45) is 0 Å². The Morgan fingerprint density at radius 2 is 2.18 bits per heavy atom. The molecule has 6 heteroatoms. The summed E-state index contributed by atoms with van der Waals surface area (Å²) in [7, 11) is -3.25. The van der Waals surface area contributed by atoms with Crippen molar-refractivity contribution in [2.45, 2.75) is 11.0 Å². The minimum atomic E-state index is -3.25. The van der Waals surface area contributed by atoms with Crippen LogP contribution in [0, 0.1) is 0 Å². The normalized spacial score (nSPS) is 21.4. The van der Waals surface area contributed by atoms with Gasteiger partial charge in [-0.05, 0) is 23.8 Å². The van der Waals surface area contributed by atoms with Crippen LogP contribution in [0.25, 0.3) is 0 Å². The first-order valence-electron chi connectivity index (χ1n) is 5.30. The largest absolute Gasteiger partial charge is 0.371 e. The Morgan fingerprint density at radius 3 is 2.76 bits per heavy atom. The molecule has 1 aliphatic heterocycles. The fraction of sp³-hybridized carbons (Fsp3) is 0.455. The van der Waals surface area contributed by atoms with E-state index in [9.17, 15) is 8.42 Å². The van der Waals surface area contributed by atoms with Gasteiger partial charge in [0.1, 0.15) is 0 Å². The van der Waals surface area contributed by atoms with Crippen LogP contribution in [0.2, 0.25) is 5.02 Å². The molecule has 1 fully saturated rings. The molecule has 1 saturated heterocycles. The molecule has 0 amide bonds. The van der Waals surface area contributed by atoms with Gasteiger partial charge in [0.15, 0.2) is 9.84 Å². The second-order valence-corrected chi connectivity index (χ2v) is 6.51. The number of benzene rings is 1. The quantitative estimate of drug-likeness (QED) is 0.887. The van der Waals surface area contributed by atoms with Gasteiger partial charge in [0.05, 0.1) is 17.6 Å². The molecule has 94 valence electrons. The fourth-order valence-electron chi connectivity index (χ4n) is 1.76. The van der Waals surface area contributed by atoms with Crippen molar-refractivity contribution in [1.29, 1.82) is 0 Å². The average molecular weight is 276 g/mol. The highest BCUT2D eigenvalue weighted by Gasteiger charge is 2.18. The molecule has 0 aliphatic carbocycles. The zero-order chi connectivity index (χ0) is 12.5. The van der Waals surface area contributed by atoms with Gasteiger partial charge in [-0.25, -0.2) is 8.42 Å². The number of rotatable bonds is 2. The summed E-state index contributed by atoms with van der Waals surface area (Å²) in [6.07, 6.45) is 1.03. The fourth-order valence-corrected chi connectivity index (χ4v) is 2.76. The lowest BCUT2D eigenvalue weighted by Gasteiger charge is -2.24. The zero-order valence-corrected chi connectivity index (χ0v) is 11.0. The van der Waals surface area contributed by atoms with E-state index >= 15 is 0 Å². The van der Waals surface area contributed by atoms with Crippen LogP contribution < -0.4 is 5.32 Å². The third-order valence-corrected chi connectivity index (χ3v) is 3.93. The predicted octanol–water partition coefficient (Wildman–Crippen LogP) is 1.40. The van der Waals surface area contributed by atoms with Crippen molar-refractivity contribution >= 4 is 21.4 Å². The first-order chi connectivity index (χ1) is 7.97. The highest BCUT2D eigenvalue weighted by molar-refractivity contribution is 7.90. The lowest BCUT2D eigenvalue weighted by molar-refractivity contribution is 0.0276. The lowest BCUT2D eigenvalue weighted by atomic mass is 10.1. The van der Waals surface area contributed by atoms with E-state index in [1.165, 1.54) is 12.3 Å². The third kappa shape index (κ3) is 3.19. The van der Waals surface area contributed by atoms with Crippen molar-refractivity contribution in [3.05, 3.63) is 28.8 Å². The molecular weight excluding hydrogens is 262 g/mol. The second kappa shape index (κ2) is 4.94. The maximum atomic E-state index is 11.5. The van der Waals surface area contributed by atoms with Gasteiger partial charge in [0.2, 0.25) is 0 Å². The second-order valence-electron chi connectivity index (χ2n) is 4.06. The van der Waals surface area contributed by atoms with E-state index in [2.05, 4.69) is 5.32 Å². The van der Waals surface area contributed by atoms with E-state index in [0.29, 0.717) is 18.2 Å². The highest BCUT2D eigenvalue weighted by Crippen LogP contribution is 2.26. The van der Waals surface area contributed by atoms with Gasteiger partial charge < -0.3 is 10.1 Å². The molecule has 1 aromatic carbocycles. The summed E-state index contributed by atoms with van der Waals surface area (Å²) in [5.41, 5.74) is 0.796. The Hall–Kier alpha value is -0.620. The molecule has 1 N–H and O–H groups in total. The van der Waals surface area contributed by atoms with Gasteiger partial charge in [0.25, 0.3) is 0 Å². The van der Waals surface area contributed by atoms with Crippen LogP contribution in [0.4, 0.5) is 0 Å². The Balaban J connectivity index is 2.37. The maximum absolute atomic E-state index is 11.5. The monoisotopic (exact) mass is 275 g/mol. The summed E-state index contributed by atoms with van der Waals surface area (Å²) in [6, 6.07) is 4.82. The number of morpholine rings is 1. The summed E-state index contributed by atoms with van der Waals surface area (Å²) in [4.78, 5) is 0.231. The van der Waals surface area contributed by atoms with E-state index in [4.69, 9.17) is 16.3 Å². The van der Waals surface area contributed by atoms with Crippen LogP contribution in [0.1, 0.15) is 11.7 Å². The summed E-state index contributed by atoms with van der Waals surface area (Å²) in [6.45, 7) is 2.10. The van der Waals surface area contributed by atoms with E-state index < -0.39 is 9.84 Å². The molecule has 1 aliphatic rings. The van der Waals surface area contributed by atoms with Gasteiger partial charge in [-0.2, -0.15) is 0 Å². The molecule has 0 aromatic heterocycles. The van der Waals surface area contributed by atoms with Crippen LogP contribution >= 0.6 is 11.6 Å². The third-order valence-electron chi connectivity index (χ3n) is 2.62. The van der Waals surface area contributed by atoms with Crippen LogP contribution in [-0.4, -0.2) is 34.4 Å². The molecule has 1 heterocycles. The minimum absolute atomic E-state index is 0.136. The van der Waals surface area contributed by atoms with Crippen LogP contribution in [0.3, 0.4) is 0 Å². The number of sulfone groups is 1. The van der Waals surface area contributed by atoms with Gasteiger partial charge in [0, 0.05) is 24.4 Å². The summed E-state index contributed by atoms with van der Waals surface area (Å²) in [5, 5.41) is 3.61. The Morgan fingerprint density at radius 1 is 1.41 bits per heavy atom. The number of hydrogen-bond acceptors (Lipinski definition) is 4. The number of halogens is 1. The Bertz CT molecular complexity index is 509. The lowest BCUT2D eigenvalue weighted by Crippen LogP contribution is -2.33. The smallest absolute Gasteiger partial charge is 0.175 e. The molecule has 17 heavy (non-hydrogen) atoms. The van der Waals surface area contributed by atoms with E-state index in [0.717, 1.165) is 12.1 Å².